The number of amides is 1. The van der Waals surface area contributed by atoms with Gasteiger partial charge >= 0.3 is 0 Å². The predicted molar refractivity (Wildman–Crippen MR) is 104 cm³/mol. The van der Waals surface area contributed by atoms with Gasteiger partial charge in [-0.05, 0) is 59.1 Å². The number of rotatable bonds is 4. The van der Waals surface area contributed by atoms with Crippen molar-refractivity contribution in [2.75, 3.05) is 5.32 Å². The zero-order valence-corrected chi connectivity index (χ0v) is 16.2. The summed E-state index contributed by atoms with van der Waals surface area (Å²) in [4.78, 5) is 12.5. The van der Waals surface area contributed by atoms with Gasteiger partial charge in [-0.3, -0.25) is 9.48 Å². The van der Waals surface area contributed by atoms with Crippen LogP contribution in [0, 0.1) is 13.8 Å². The molecule has 1 N–H and O–H groups in total. The van der Waals surface area contributed by atoms with Crippen LogP contribution in [0.5, 0.6) is 0 Å². The fourth-order valence-electron chi connectivity index (χ4n) is 2.58. The number of hydrogen-bond acceptors (Lipinski definition) is 2. The molecule has 0 aliphatic heterocycles. The second-order valence-corrected chi connectivity index (χ2v) is 7.21. The third-order valence-corrected chi connectivity index (χ3v) is 4.67. The van der Waals surface area contributed by atoms with E-state index < -0.39 is 0 Å². The van der Waals surface area contributed by atoms with Gasteiger partial charge in [-0.15, -0.1) is 0 Å². The van der Waals surface area contributed by atoms with Crippen LogP contribution in [0.3, 0.4) is 0 Å². The first kappa shape index (κ1) is 17.7. The van der Waals surface area contributed by atoms with E-state index in [-0.39, 0.29) is 5.91 Å². The molecule has 0 unspecified atom stereocenters. The fraction of sp³-hybridized carbons (Fsp3) is 0.158. The highest BCUT2D eigenvalue weighted by Crippen LogP contribution is 2.22. The quantitative estimate of drug-likeness (QED) is 0.631. The van der Waals surface area contributed by atoms with Crippen LogP contribution < -0.4 is 5.32 Å². The molecular formula is C19H17BrClN3O. The van der Waals surface area contributed by atoms with Gasteiger partial charge in [0.2, 0.25) is 0 Å². The van der Waals surface area contributed by atoms with Crippen molar-refractivity contribution in [1.82, 2.24) is 9.78 Å². The van der Waals surface area contributed by atoms with E-state index in [2.05, 4.69) is 26.3 Å². The summed E-state index contributed by atoms with van der Waals surface area (Å²) in [6.07, 6.45) is 1.84. The number of nitrogens with one attached hydrogen (secondary N) is 1. The van der Waals surface area contributed by atoms with Gasteiger partial charge < -0.3 is 5.32 Å². The average Bonchev–Trinajstić information content (AvgIpc) is 2.89. The number of hydrogen-bond donors (Lipinski definition) is 1. The summed E-state index contributed by atoms with van der Waals surface area (Å²) in [6.45, 7) is 4.52. The fourth-order valence-corrected chi connectivity index (χ4v) is 3.12. The lowest BCUT2D eigenvalue weighted by Gasteiger charge is -2.07. The lowest BCUT2D eigenvalue weighted by Crippen LogP contribution is -2.14. The molecule has 0 saturated heterocycles. The first-order chi connectivity index (χ1) is 11.9. The Kier molecular flexibility index (Phi) is 5.25. The smallest absolute Gasteiger partial charge is 0.257 e. The maximum atomic E-state index is 12.5. The lowest BCUT2D eigenvalue weighted by molar-refractivity contribution is 0.102. The third kappa shape index (κ3) is 4.30. The molecule has 0 radical (unpaired) electrons. The first-order valence-corrected chi connectivity index (χ1v) is 8.95. The third-order valence-electron chi connectivity index (χ3n) is 3.83. The van der Waals surface area contributed by atoms with E-state index in [9.17, 15) is 4.79 Å². The summed E-state index contributed by atoms with van der Waals surface area (Å²) in [5.41, 5.74) is 3.79. The van der Waals surface area contributed by atoms with Crippen molar-refractivity contribution < 1.29 is 4.79 Å². The molecule has 1 heterocycles. The number of halogens is 2. The maximum absolute atomic E-state index is 12.5. The van der Waals surface area contributed by atoms with Crippen molar-refractivity contribution >= 4 is 39.3 Å². The molecular weight excluding hydrogens is 402 g/mol. The summed E-state index contributed by atoms with van der Waals surface area (Å²) >= 11 is 9.36. The molecule has 0 aliphatic carbocycles. The van der Waals surface area contributed by atoms with Crippen LogP contribution in [-0.4, -0.2) is 15.7 Å². The Bertz CT molecular complexity index is 919. The van der Waals surface area contributed by atoms with Gasteiger partial charge in [0.1, 0.15) is 0 Å². The molecule has 1 aromatic heterocycles. The maximum Gasteiger partial charge on any atom is 0.257 e. The van der Waals surface area contributed by atoms with Crippen LogP contribution in [0.2, 0.25) is 5.02 Å². The van der Waals surface area contributed by atoms with Crippen LogP contribution in [0.15, 0.2) is 53.1 Å². The normalized spacial score (nSPS) is 10.7. The van der Waals surface area contributed by atoms with Crippen LogP contribution in [0.4, 0.5) is 5.82 Å². The van der Waals surface area contributed by atoms with E-state index in [4.69, 9.17) is 11.6 Å². The topological polar surface area (TPSA) is 46.9 Å². The van der Waals surface area contributed by atoms with Crippen molar-refractivity contribution in [2.45, 2.75) is 20.4 Å². The monoisotopic (exact) mass is 417 g/mol. The highest BCUT2D eigenvalue weighted by molar-refractivity contribution is 9.10. The van der Waals surface area contributed by atoms with E-state index in [1.807, 2.05) is 62.5 Å². The molecule has 2 aromatic carbocycles. The van der Waals surface area contributed by atoms with Gasteiger partial charge in [-0.25, -0.2) is 0 Å². The zero-order chi connectivity index (χ0) is 18.0. The number of carbonyl (C=O) groups excluding carboxylic acids is 1. The number of nitrogens with zero attached hydrogens (tertiary/aromatic N) is 2. The lowest BCUT2D eigenvalue weighted by atomic mass is 10.1. The van der Waals surface area contributed by atoms with Gasteiger partial charge in [0.15, 0.2) is 5.82 Å². The zero-order valence-electron chi connectivity index (χ0n) is 13.9. The molecule has 128 valence electrons. The second kappa shape index (κ2) is 7.42. The number of benzene rings is 2. The number of anilines is 1. The second-order valence-electron chi connectivity index (χ2n) is 5.92. The van der Waals surface area contributed by atoms with E-state index in [1.165, 1.54) is 0 Å². The van der Waals surface area contributed by atoms with Crippen LogP contribution in [0.1, 0.15) is 27.0 Å². The van der Waals surface area contributed by atoms with E-state index in [0.717, 1.165) is 21.2 Å². The molecule has 1 amide bonds. The van der Waals surface area contributed by atoms with Crippen LogP contribution in [-0.2, 0) is 6.54 Å². The Morgan fingerprint density at radius 1 is 1.20 bits per heavy atom. The molecule has 3 aromatic rings. The van der Waals surface area contributed by atoms with E-state index in [1.54, 1.807) is 4.68 Å². The SMILES string of the molecule is Cc1ccc(C(=O)Nc2nn(Cc3ccc(Cl)cc3)cc2Br)c(C)c1. The minimum atomic E-state index is -0.171. The van der Waals surface area contributed by atoms with E-state index >= 15 is 0 Å². The number of carbonyl (C=O) groups is 1. The Hall–Kier alpha value is -2.11. The average molecular weight is 419 g/mol. The summed E-state index contributed by atoms with van der Waals surface area (Å²) in [6, 6.07) is 13.3. The first-order valence-electron chi connectivity index (χ1n) is 7.78. The Balaban J connectivity index is 1.76. The van der Waals surface area contributed by atoms with Gasteiger partial charge in [0.25, 0.3) is 5.91 Å². The molecule has 4 nitrogen and oxygen atoms in total. The number of aryl methyl sites for hydroxylation is 2. The van der Waals surface area contributed by atoms with Crippen molar-refractivity contribution in [3.8, 4) is 0 Å². The number of aromatic nitrogens is 2. The molecule has 0 atom stereocenters. The molecule has 6 heteroatoms. The standard InChI is InChI=1S/C19H17BrClN3O/c1-12-3-8-16(13(2)9-12)19(25)22-18-17(20)11-24(23-18)10-14-4-6-15(21)7-5-14/h3-9,11H,10H2,1-2H3,(H,22,23,25). The Morgan fingerprint density at radius 2 is 1.92 bits per heavy atom. The Morgan fingerprint density at radius 3 is 2.60 bits per heavy atom. The molecule has 0 saturated carbocycles. The van der Waals surface area contributed by atoms with Crippen molar-refractivity contribution in [3.63, 3.8) is 0 Å². The molecule has 0 spiro atoms. The van der Waals surface area contributed by atoms with Gasteiger partial charge in [0, 0.05) is 16.8 Å². The molecule has 0 aliphatic rings. The van der Waals surface area contributed by atoms with Gasteiger partial charge in [0.05, 0.1) is 11.0 Å². The van der Waals surface area contributed by atoms with Crippen molar-refractivity contribution in [1.29, 1.82) is 0 Å². The summed E-state index contributed by atoms with van der Waals surface area (Å²) in [7, 11) is 0. The minimum Gasteiger partial charge on any atom is -0.304 e. The summed E-state index contributed by atoms with van der Waals surface area (Å²) in [5.74, 6) is 0.328. The predicted octanol–water partition coefficient (Wildman–Crippen LogP) is 5.22. The molecule has 0 fully saturated rings. The minimum absolute atomic E-state index is 0.171. The van der Waals surface area contributed by atoms with Crippen LogP contribution in [0.25, 0.3) is 0 Å². The molecule has 0 bridgehead atoms. The van der Waals surface area contributed by atoms with Crippen molar-refractivity contribution in [2.24, 2.45) is 0 Å². The summed E-state index contributed by atoms with van der Waals surface area (Å²) in [5, 5.41) is 8.01. The molecule has 25 heavy (non-hydrogen) atoms. The summed E-state index contributed by atoms with van der Waals surface area (Å²) < 4.78 is 2.50. The van der Waals surface area contributed by atoms with Gasteiger partial charge in [-0.2, -0.15) is 5.10 Å². The van der Waals surface area contributed by atoms with Crippen molar-refractivity contribution in [3.05, 3.63) is 80.4 Å². The molecule has 3 rings (SSSR count). The Labute approximate surface area is 159 Å². The highest BCUT2D eigenvalue weighted by Gasteiger charge is 2.14. The highest BCUT2D eigenvalue weighted by atomic mass is 79.9. The van der Waals surface area contributed by atoms with Gasteiger partial charge in [-0.1, -0.05) is 41.4 Å². The largest absolute Gasteiger partial charge is 0.304 e. The van der Waals surface area contributed by atoms with Crippen LogP contribution >= 0.6 is 27.5 Å². The van der Waals surface area contributed by atoms with E-state index in [0.29, 0.717) is 22.9 Å².